The van der Waals surface area contributed by atoms with Crippen LogP contribution in [0.2, 0.25) is 0 Å². The lowest BCUT2D eigenvalue weighted by Gasteiger charge is -1.95. The van der Waals surface area contributed by atoms with Crippen molar-refractivity contribution >= 4 is 5.91 Å². The average Bonchev–Trinajstić information content (AvgIpc) is 2.37. The van der Waals surface area contributed by atoms with Gasteiger partial charge < -0.3 is 0 Å². The molecule has 0 saturated carbocycles. The van der Waals surface area contributed by atoms with E-state index in [-0.39, 0.29) is 5.91 Å². The van der Waals surface area contributed by atoms with Crippen molar-refractivity contribution in [2.75, 3.05) is 0 Å². The first-order valence-electron chi connectivity index (χ1n) is 2.43. The predicted molar refractivity (Wildman–Crippen MR) is 31.7 cm³/mol. The van der Waals surface area contributed by atoms with Gasteiger partial charge in [0.2, 0.25) is 0 Å². The number of hydrogen-bond acceptors (Lipinski definition) is 2. The molecule has 1 radical (unpaired) electrons. The summed E-state index contributed by atoms with van der Waals surface area (Å²) in [5.74, 6) is 4.46. The molecule has 4 nitrogen and oxygen atoms in total. The van der Waals surface area contributed by atoms with Crippen LogP contribution in [0.25, 0.3) is 0 Å². The van der Waals surface area contributed by atoms with Gasteiger partial charge >= 0.3 is 0 Å². The van der Waals surface area contributed by atoms with Gasteiger partial charge in [0.25, 0.3) is 5.91 Å². The van der Waals surface area contributed by atoms with Crippen LogP contribution in [0.15, 0.2) is 24.0 Å². The molecule has 0 bridgehead atoms. The van der Waals surface area contributed by atoms with E-state index in [1.54, 1.807) is 12.2 Å². The number of hydrazine groups is 1. The highest BCUT2D eigenvalue weighted by molar-refractivity contribution is 5.93. The first kappa shape index (κ1) is 5.84. The number of allylic oxidation sites excluding steroid dienone is 2. The van der Waals surface area contributed by atoms with E-state index in [2.05, 4.69) is 5.32 Å². The van der Waals surface area contributed by atoms with E-state index in [1.807, 2.05) is 5.43 Å². The fourth-order valence-corrected chi connectivity index (χ4v) is 0.509. The highest BCUT2D eigenvalue weighted by Gasteiger charge is 2.07. The molecule has 0 aliphatic carbocycles. The molecule has 1 aliphatic heterocycles. The molecule has 4 heteroatoms. The van der Waals surface area contributed by atoms with Crippen molar-refractivity contribution in [3.63, 3.8) is 0 Å². The second-order valence-corrected chi connectivity index (χ2v) is 1.50. The number of nitrogens with two attached hydrogens (primary N) is 1. The minimum atomic E-state index is -0.361. The molecule has 3 N–H and O–H groups in total. The molecule has 1 aliphatic rings. The third-order valence-electron chi connectivity index (χ3n) is 0.918. The van der Waals surface area contributed by atoms with Crippen LogP contribution < -0.4 is 16.6 Å². The van der Waals surface area contributed by atoms with Gasteiger partial charge in [0.1, 0.15) is 5.70 Å². The lowest BCUT2D eigenvalue weighted by Crippen LogP contribution is -2.32. The number of nitrogens with one attached hydrogen (secondary N) is 1. The zero-order chi connectivity index (χ0) is 6.69. The van der Waals surface area contributed by atoms with Crippen molar-refractivity contribution in [1.82, 2.24) is 10.7 Å². The summed E-state index contributed by atoms with van der Waals surface area (Å²) in [5, 5.41) is 3.69. The van der Waals surface area contributed by atoms with E-state index < -0.39 is 0 Å². The highest BCUT2D eigenvalue weighted by Crippen LogP contribution is 1.98. The lowest BCUT2D eigenvalue weighted by atomic mass is 10.4. The Kier molecular flexibility index (Phi) is 1.51. The van der Waals surface area contributed by atoms with Gasteiger partial charge in [-0.2, -0.15) is 0 Å². The van der Waals surface area contributed by atoms with Gasteiger partial charge in [0.15, 0.2) is 0 Å². The highest BCUT2D eigenvalue weighted by atomic mass is 16.2. The summed E-state index contributed by atoms with van der Waals surface area (Å²) in [6, 6.07) is 0. The second-order valence-electron chi connectivity index (χ2n) is 1.50. The molecule has 9 heavy (non-hydrogen) atoms. The van der Waals surface area contributed by atoms with E-state index in [1.165, 1.54) is 6.20 Å². The van der Waals surface area contributed by atoms with Crippen molar-refractivity contribution in [3.8, 4) is 0 Å². The van der Waals surface area contributed by atoms with Crippen molar-refractivity contribution in [2.45, 2.75) is 0 Å². The maximum absolute atomic E-state index is 10.6. The zero-order valence-electron chi connectivity index (χ0n) is 4.66. The predicted octanol–water partition coefficient (Wildman–Crippen LogP) is -1.01. The van der Waals surface area contributed by atoms with Crippen LogP contribution in [0.4, 0.5) is 0 Å². The van der Waals surface area contributed by atoms with Gasteiger partial charge in [0.05, 0.1) is 0 Å². The molecular formula is C5H6N3O. The molecule has 0 aromatic heterocycles. The smallest absolute Gasteiger partial charge is 0.283 e. The number of carbonyl (C=O) groups excluding carboxylic acids is 1. The normalized spacial score (nSPS) is 14.6. The van der Waals surface area contributed by atoms with Crippen LogP contribution in [0.1, 0.15) is 0 Å². The first-order chi connectivity index (χ1) is 4.34. The van der Waals surface area contributed by atoms with Gasteiger partial charge in [-0.1, -0.05) is 0 Å². The second kappa shape index (κ2) is 2.32. The molecule has 0 atom stereocenters. The lowest BCUT2D eigenvalue weighted by molar-refractivity contribution is -0.117. The van der Waals surface area contributed by atoms with E-state index in [0.29, 0.717) is 5.70 Å². The quantitative estimate of drug-likeness (QED) is 0.267. The summed E-state index contributed by atoms with van der Waals surface area (Å²) in [6.07, 6.45) is 4.79. The van der Waals surface area contributed by atoms with Gasteiger partial charge in [-0.05, 0) is 12.2 Å². The minimum Gasteiger partial charge on any atom is -0.289 e. The van der Waals surface area contributed by atoms with Gasteiger partial charge in [-0.25, -0.2) is 5.84 Å². The summed E-state index contributed by atoms with van der Waals surface area (Å²) >= 11 is 0. The Bertz CT molecular complexity index is 183. The Labute approximate surface area is 52.4 Å². The maximum Gasteiger partial charge on any atom is 0.283 e. The molecule has 0 fully saturated rings. The summed E-state index contributed by atoms with van der Waals surface area (Å²) in [7, 11) is 0. The molecule has 1 rings (SSSR count). The topological polar surface area (TPSA) is 69.2 Å². The minimum absolute atomic E-state index is 0.345. The summed E-state index contributed by atoms with van der Waals surface area (Å²) in [6.45, 7) is 0. The third kappa shape index (κ3) is 1.09. The molecule has 1 heterocycles. The molecular weight excluding hydrogens is 118 g/mol. The fourth-order valence-electron chi connectivity index (χ4n) is 0.509. The van der Waals surface area contributed by atoms with Crippen LogP contribution >= 0.6 is 0 Å². The molecule has 0 unspecified atom stereocenters. The number of carbonyl (C=O) groups is 1. The number of hydrogen-bond donors (Lipinski definition) is 2. The van der Waals surface area contributed by atoms with E-state index in [4.69, 9.17) is 5.84 Å². The number of nitrogens with zero attached hydrogens (tertiary/aromatic N) is 1. The molecule has 47 valence electrons. The standard InChI is InChI=1S/C5H6N3O/c6-8-5(9)4-2-1-3-7-4/h1-3H,6H2,(H,8,9). The SMILES string of the molecule is NNC(=O)C1=CC=C[N]1. The van der Waals surface area contributed by atoms with Crippen LogP contribution in [0, 0.1) is 0 Å². The summed E-state index contributed by atoms with van der Waals surface area (Å²) < 4.78 is 0. The van der Waals surface area contributed by atoms with Gasteiger partial charge in [-0.3, -0.25) is 15.5 Å². The maximum atomic E-state index is 10.6. The molecule has 0 aromatic carbocycles. The third-order valence-corrected chi connectivity index (χ3v) is 0.918. The Morgan fingerprint density at radius 2 is 2.56 bits per heavy atom. The van der Waals surface area contributed by atoms with Gasteiger partial charge in [0, 0.05) is 6.20 Å². The van der Waals surface area contributed by atoms with Crippen LogP contribution in [-0.2, 0) is 4.79 Å². The van der Waals surface area contributed by atoms with Crippen molar-refractivity contribution in [2.24, 2.45) is 5.84 Å². The summed E-state index contributed by atoms with van der Waals surface area (Å²) in [5.41, 5.74) is 2.31. The Balaban J connectivity index is 2.55. The Morgan fingerprint density at radius 1 is 1.78 bits per heavy atom. The van der Waals surface area contributed by atoms with Crippen molar-refractivity contribution < 1.29 is 4.79 Å². The van der Waals surface area contributed by atoms with E-state index >= 15 is 0 Å². The average molecular weight is 124 g/mol. The Hall–Kier alpha value is -1.29. The first-order valence-corrected chi connectivity index (χ1v) is 2.43. The van der Waals surface area contributed by atoms with Crippen LogP contribution in [0.5, 0.6) is 0 Å². The summed E-state index contributed by atoms with van der Waals surface area (Å²) in [4.78, 5) is 10.6. The van der Waals surface area contributed by atoms with Crippen molar-refractivity contribution in [1.29, 1.82) is 0 Å². The van der Waals surface area contributed by atoms with Gasteiger partial charge in [-0.15, -0.1) is 0 Å². The van der Waals surface area contributed by atoms with Crippen molar-refractivity contribution in [3.05, 3.63) is 24.0 Å². The molecule has 0 spiro atoms. The van der Waals surface area contributed by atoms with Crippen LogP contribution in [-0.4, -0.2) is 5.91 Å². The van der Waals surface area contributed by atoms with E-state index in [9.17, 15) is 4.79 Å². The largest absolute Gasteiger partial charge is 0.289 e. The molecule has 1 amide bonds. The van der Waals surface area contributed by atoms with E-state index in [0.717, 1.165) is 0 Å². The molecule has 0 aromatic rings. The fraction of sp³-hybridized carbons (Fsp3) is 0. The number of rotatable bonds is 1. The zero-order valence-corrected chi connectivity index (χ0v) is 4.66. The molecule has 0 saturated heterocycles. The Morgan fingerprint density at radius 3 is 3.00 bits per heavy atom. The van der Waals surface area contributed by atoms with Crippen LogP contribution in [0.3, 0.4) is 0 Å². The monoisotopic (exact) mass is 124 g/mol. The number of amides is 1.